The van der Waals surface area contributed by atoms with Gasteiger partial charge in [-0.05, 0) is 24.1 Å². The van der Waals surface area contributed by atoms with E-state index in [0.717, 1.165) is 12.0 Å². The van der Waals surface area contributed by atoms with Crippen molar-refractivity contribution in [3.8, 4) is 0 Å². The summed E-state index contributed by atoms with van der Waals surface area (Å²) in [5, 5.41) is 0. The van der Waals surface area contributed by atoms with Crippen molar-refractivity contribution in [1.29, 1.82) is 0 Å². The zero-order chi connectivity index (χ0) is 9.42. The van der Waals surface area contributed by atoms with Gasteiger partial charge in [-0.1, -0.05) is 6.92 Å². The maximum Gasteiger partial charge on any atom is 0.192 e. The van der Waals surface area contributed by atoms with E-state index in [2.05, 4.69) is 4.98 Å². The highest BCUT2D eigenvalue weighted by Gasteiger charge is 2.08. The summed E-state index contributed by atoms with van der Waals surface area (Å²) in [4.78, 5) is 3.95. The van der Waals surface area contributed by atoms with Crippen molar-refractivity contribution in [2.24, 2.45) is 0 Å². The second-order valence-corrected chi connectivity index (χ2v) is 3.01. The first-order valence-electron chi connectivity index (χ1n) is 4.26. The number of halogens is 1. The molecule has 0 saturated heterocycles. The predicted molar refractivity (Wildman–Crippen MR) is 48.1 cm³/mol. The van der Waals surface area contributed by atoms with E-state index in [4.69, 9.17) is 4.42 Å². The van der Waals surface area contributed by atoms with Gasteiger partial charge in [0.2, 0.25) is 0 Å². The first-order valence-corrected chi connectivity index (χ1v) is 4.26. The number of oxazole rings is 1. The smallest absolute Gasteiger partial charge is 0.192 e. The summed E-state index contributed by atoms with van der Waals surface area (Å²) in [7, 11) is 0. The second kappa shape index (κ2) is 2.83. The van der Waals surface area contributed by atoms with E-state index in [1.807, 2.05) is 13.0 Å². The average Bonchev–Trinajstić information content (AvgIpc) is 2.46. The van der Waals surface area contributed by atoms with Gasteiger partial charge in [-0.3, -0.25) is 0 Å². The van der Waals surface area contributed by atoms with Gasteiger partial charge in [0.05, 0.1) is 0 Å². The van der Waals surface area contributed by atoms with Gasteiger partial charge in [0, 0.05) is 6.92 Å². The molecule has 2 aromatic rings. The van der Waals surface area contributed by atoms with Crippen LogP contribution < -0.4 is 0 Å². The first-order chi connectivity index (χ1) is 6.20. The Kier molecular flexibility index (Phi) is 1.79. The van der Waals surface area contributed by atoms with Crippen LogP contribution >= 0.6 is 0 Å². The van der Waals surface area contributed by atoms with Crippen molar-refractivity contribution in [1.82, 2.24) is 4.98 Å². The highest BCUT2D eigenvalue weighted by molar-refractivity contribution is 5.74. The van der Waals surface area contributed by atoms with Crippen molar-refractivity contribution >= 4 is 11.1 Å². The van der Waals surface area contributed by atoms with E-state index < -0.39 is 0 Å². The Morgan fingerprint density at radius 1 is 1.46 bits per heavy atom. The molecular weight excluding hydrogens is 169 g/mol. The lowest BCUT2D eigenvalue weighted by molar-refractivity contribution is 0.560. The lowest BCUT2D eigenvalue weighted by Gasteiger charge is -1.95. The van der Waals surface area contributed by atoms with E-state index >= 15 is 0 Å². The molecular formula is C10H10FNO. The summed E-state index contributed by atoms with van der Waals surface area (Å²) >= 11 is 0. The lowest BCUT2D eigenvalue weighted by Crippen LogP contribution is -1.84. The lowest BCUT2D eigenvalue weighted by atomic mass is 10.1. The van der Waals surface area contributed by atoms with Crippen molar-refractivity contribution in [2.45, 2.75) is 20.3 Å². The minimum Gasteiger partial charge on any atom is -0.441 e. The molecule has 0 aliphatic heterocycles. The molecule has 0 unspecified atom stereocenters. The molecule has 1 heterocycles. The summed E-state index contributed by atoms with van der Waals surface area (Å²) in [6.45, 7) is 3.69. The third-order valence-corrected chi connectivity index (χ3v) is 2.02. The predicted octanol–water partition coefficient (Wildman–Crippen LogP) is 2.84. The van der Waals surface area contributed by atoms with Crippen LogP contribution in [-0.2, 0) is 6.42 Å². The SMILES string of the molecule is CCc1cc(F)c2nc(C)oc2c1. The van der Waals surface area contributed by atoms with Gasteiger partial charge in [-0.2, -0.15) is 0 Å². The Morgan fingerprint density at radius 3 is 2.92 bits per heavy atom. The maximum absolute atomic E-state index is 13.3. The highest BCUT2D eigenvalue weighted by Crippen LogP contribution is 2.20. The van der Waals surface area contributed by atoms with E-state index in [0.29, 0.717) is 17.0 Å². The van der Waals surface area contributed by atoms with Crippen LogP contribution in [0.25, 0.3) is 11.1 Å². The van der Waals surface area contributed by atoms with Crippen LogP contribution in [0.4, 0.5) is 4.39 Å². The molecule has 13 heavy (non-hydrogen) atoms. The van der Waals surface area contributed by atoms with Crippen LogP contribution in [0.3, 0.4) is 0 Å². The van der Waals surface area contributed by atoms with E-state index in [-0.39, 0.29) is 5.82 Å². The highest BCUT2D eigenvalue weighted by atomic mass is 19.1. The summed E-state index contributed by atoms with van der Waals surface area (Å²) in [5.41, 5.74) is 1.80. The van der Waals surface area contributed by atoms with Crippen molar-refractivity contribution in [2.75, 3.05) is 0 Å². The zero-order valence-corrected chi connectivity index (χ0v) is 7.60. The Hall–Kier alpha value is -1.38. The molecule has 0 fully saturated rings. The largest absolute Gasteiger partial charge is 0.441 e. The third kappa shape index (κ3) is 1.30. The maximum atomic E-state index is 13.3. The van der Waals surface area contributed by atoms with Gasteiger partial charge in [0.25, 0.3) is 0 Å². The molecule has 2 nitrogen and oxygen atoms in total. The van der Waals surface area contributed by atoms with Gasteiger partial charge in [-0.25, -0.2) is 9.37 Å². The molecule has 68 valence electrons. The molecule has 0 radical (unpaired) electrons. The summed E-state index contributed by atoms with van der Waals surface area (Å²) in [6.07, 6.45) is 0.798. The number of aromatic nitrogens is 1. The fourth-order valence-electron chi connectivity index (χ4n) is 1.36. The molecule has 0 atom stereocenters. The number of aryl methyl sites for hydroxylation is 2. The Balaban J connectivity index is 2.75. The van der Waals surface area contributed by atoms with Gasteiger partial charge in [0.15, 0.2) is 17.3 Å². The number of nitrogens with zero attached hydrogens (tertiary/aromatic N) is 1. The molecule has 0 amide bonds. The first kappa shape index (κ1) is 8.23. The van der Waals surface area contributed by atoms with Crippen LogP contribution in [0.2, 0.25) is 0 Å². The van der Waals surface area contributed by atoms with Gasteiger partial charge in [0.1, 0.15) is 5.52 Å². The fourth-order valence-corrected chi connectivity index (χ4v) is 1.36. The van der Waals surface area contributed by atoms with Crippen LogP contribution in [0.15, 0.2) is 16.5 Å². The third-order valence-electron chi connectivity index (χ3n) is 2.02. The zero-order valence-electron chi connectivity index (χ0n) is 7.60. The molecule has 0 spiro atoms. The van der Waals surface area contributed by atoms with Crippen LogP contribution in [-0.4, -0.2) is 4.98 Å². The average molecular weight is 179 g/mol. The standard InChI is InChI=1S/C10H10FNO/c1-3-7-4-8(11)10-9(5-7)13-6(2)12-10/h4-5H,3H2,1-2H3. The van der Waals surface area contributed by atoms with E-state index in [1.165, 1.54) is 6.07 Å². The summed E-state index contributed by atoms with van der Waals surface area (Å²) < 4.78 is 18.6. The molecule has 0 aliphatic rings. The minimum absolute atomic E-state index is 0.300. The van der Waals surface area contributed by atoms with Crippen LogP contribution in [0, 0.1) is 12.7 Å². The molecule has 0 aliphatic carbocycles. The second-order valence-electron chi connectivity index (χ2n) is 3.01. The monoisotopic (exact) mass is 179 g/mol. The topological polar surface area (TPSA) is 26.0 Å². The van der Waals surface area contributed by atoms with E-state index in [1.54, 1.807) is 6.92 Å². The summed E-state index contributed by atoms with van der Waals surface area (Å²) in [5.74, 6) is 0.202. The molecule has 0 bridgehead atoms. The normalized spacial score (nSPS) is 11.0. The van der Waals surface area contributed by atoms with Crippen LogP contribution in [0.5, 0.6) is 0 Å². The van der Waals surface area contributed by atoms with Gasteiger partial charge in [-0.15, -0.1) is 0 Å². The van der Waals surface area contributed by atoms with Gasteiger partial charge >= 0.3 is 0 Å². The number of hydrogen-bond acceptors (Lipinski definition) is 2. The minimum atomic E-state index is -0.300. The molecule has 0 saturated carbocycles. The fraction of sp³-hybridized carbons (Fsp3) is 0.300. The Bertz CT molecular complexity index is 447. The Labute approximate surface area is 75.4 Å². The van der Waals surface area contributed by atoms with Crippen molar-refractivity contribution in [3.05, 3.63) is 29.4 Å². The number of benzene rings is 1. The molecule has 1 aromatic carbocycles. The molecule has 2 rings (SSSR count). The van der Waals surface area contributed by atoms with E-state index in [9.17, 15) is 4.39 Å². The summed E-state index contributed by atoms with van der Waals surface area (Å²) in [6, 6.07) is 3.34. The molecule has 0 N–H and O–H groups in total. The number of rotatable bonds is 1. The molecule has 3 heteroatoms. The molecule has 1 aromatic heterocycles. The van der Waals surface area contributed by atoms with Crippen molar-refractivity contribution < 1.29 is 8.81 Å². The van der Waals surface area contributed by atoms with Gasteiger partial charge < -0.3 is 4.42 Å². The van der Waals surface area contributed by atoms with Crippen molar-refractivity contribution in [3.63, 3.8) is 0 Å². The number of hydrogen-bond donors (Lipinski definition) is 0. The Morgan fingerprint density at radius 2 is 2.23 bits per heavy atom. The number of fused-ring (bicyclic) bond motifs is 1. The van der Waals surface area contributed by atoms with Crippen LogP contribution in [0.1, 0.15) is 18.4 Å². The quantitative estimate of drug-likeness (QED) is 0.672.